The molecule has 1 saturated heterocycles. The summed E-state index contributed by atoms with van der Waals surface area (Å²) >= 11 is 0. The van der Waals surface area contributed by atoms with Gasteiger partial charge in [0.05, 0.1) is 17.6 Å². The van der Waals surface area contributed by atoms with E-state index in [2.05, 4.69) is 16.9 Å². The number of rotatable bonds is 4. The van der Waals surface area contributed by atoms with Crippen molar-refractivity contribution in [2.24, 2.45) is 0 Å². The number of hydrogen-bond donors (Lipinski definition) is 0. The summed E-state index contributed by atoms with van der Waals surface area (Å²) in [6, 6.07) is 9.38. The van der Waals surface area contributed by atoms with E-state index in [4.69, 9.17) is 4.74 Å². The molecule has 146 valence electrons. The number of benzene rings is 1. The number of nitrogens with zero attached hydrogens (tertiary/aromatic N) is 3. The number of aromatic nitrogens is 2. The van der Waals surface area contributed by atoms with E-state index in [0.29, 0.717) is 23.9 Å². The molecular formula is C21H23N3O3S. The average molecular weight is 398 g/mol. The maximum atomic E-state index is 13.6. The summed E-state index contributed by atoms with van der Waals surface area (Å²) in [5.41, 5.74) is 3.31. The van der Waals surface area contributed by atoms with E-state index >= 15 is 0 Å². The van der Waals surface area contributed by atoms with Gasteiger partial charge in [-0.05, 0) is 62.2 Å². The number of ether oxygens (including phenoxy) is 1. The Morgan fingerprint density at radius 3 is 2.96 bits per heavy atom. The summed E-state index contributed by atoms with van der Waals surface area (Å²) in [6.45, 7) is 1.61. The molecule has 0 bridgehead atoms. The molecule has 2 aromatic heterocycles. The van der Waals surface area contributed by atoms with Gasteiger partial charge in [0, 0.05) is 24.9 Å². The fraction of sp³-hybridized carbons (Fsp3) is 0.381. The van der Waals surface area contributed by atoms with E-state index in [-0.39, 0.29) is 4.90 Å². The molecule has 3 aromatic rings. The van der Waals surface area contributed by atoms with Crippen LogP contribution in [0, 0.1) is 0 Å². The van der Waals surface area contributed by atoms with Gasteiger partial charge in [0.1, 0.15) is 10.6 Å². The zero-order valence-corrected chi connectivity index (χ0v) is 16.7. The van der Waals surface area contributed by atoms with Crippen molar-refractivity contribution < 1.29 is 13.2 Å². The third kappa shape index (κ3) is 2.72. The van der Waals surface area contributed by atoms with Gasteiger partial charge in [-0.1, -0.05) is 12.1 Å². The lowest BCUT2D eigenvalue weighted by atomic mass is 10.1. The molecule has 0 saturated carbocycles. The molecular weight excluding hydrogens is 374 g/mol. The van der Waals surface area contributed by atoms with Gasteiger partial charge in [-0.25, -0.2) is 12.4 Å². The van der Waals surface area contributed by atoms with Gasteiger partial charge in [-0.2, -0.15) is 0 Å². The highest BCUT2D eigenvalue weighted by atomic mass is 32.2. The summed E-state index contributed by atoms with van der Waals surface area (Å²) in [7, 11) is -1.65. The van der Waals surface area contributed by atoms with Gasteiger partial charge in [0.2, 0.25) is 0 Å². The lowest BCUT2D eigenvalue weighted by Gasteiger charge is -2.18. The van der Waals surface area contributed by atoms with Gasteiger partial charge in [0.15, 0.2) is 0 Å². The lowest BCUT2D eigenvalue weighted by Crippen LogP contribution is -2.26. The Hall–Kier alpha value is -2.38. The smallest absolute Gasteiger partial charge is 0.271 e. The Balaban J connectivity index is 1.64. The largest absolute Gasteiger partial charge is 0.492 e. The van der Waals surface area contributed by atoms with Crippen molar-refractivity contribution in [3.63, 3.8) is 0 Å². The van der Waals surface area contributed by atoms with E-state index in [1.54, 1.807) is 30.6 Å². The van der Waals surface area contributed by atoms with Crippen LogP contribution >= 0.6 is 0 Å². The normalized spacial score (nSPS) is 19.8. The molecule has 6 nitrogen and oxygen atoms in total. The molecule has 0 aliphatic carbocycles. The zero-order valence-electron chi connectivity index (χ0n) is 15.8. The number of fused-ring (bicyclic) bond motifs is 2. The van der Waals surface area contributed by atoms with Crippen molar-refractivity contribution in [3.05, 3.63) is 53.9 Å². The monoisotopic (exact) mass is 397 g/mol. The van der Waals surface area contributed by atoms with Crippen LogP contribution in [-0.4, -0.2) is 48.5 Å². The molecule has 1 aromatic carbocycles. The van der Waals surface area contributed by atoms with Crippen LogP contribution in [-0.2, 0) is 22.9 Å². The second kappa shape index (κ2) is 6.60. The molecule has 2 aliphatic heterocycles. The molecule has 0 N–H and O–H groups in total. The maximum Gasteiger partial charge on any atom is 0.271 e. The number of hydrogen-bond acceptors (Lipinski definition) is 5. The highest BCUT2D eigenvalue weighted by Crippen LogP contribution is 2.35. The molecule has 7 heteroatoms. The number of pyridine rings is 1. The summed E-state index contributed by atoms with van der Waals surface area (Å²) < 4.78 is 34.2. The summed E-state index contributed by atoms with van der Waals surface area (Å²) in [5.74, 6) is 0.491. The van der Waals surface area contributed by atoms with Crippen molar-refractivity contribution in [3.8, 4) is 5.75 Å². The van der Waals surface area contributed by atoms with E-state index in [1.165, 1.54) is 10.4 Å². The van der Waals surface area contributed by atoms with Crippen LogP contribution in [0.4, 0.5) is 0 Å². The van der Waals surface area contributed by atoms with Crippen LogP contribution in [0.5, 0.6) is 5.75 Å². The first-order valence-corrected chi connectivity index (χ1v) is 11.1. The minimum atomic E-state index is -3.78. The third-order valence-corrected chi connectivity index (χ3v) is 7.64. The molecule has 28 heavy (non-hydrogen) atoms. The second-order valence-electron chi connectivity index (χ2n) is 7.65. The second-order valence-corrected chi connectivity index (χ2v) is 9.43. The highest BCUT2D eigenvalue weighted by Gasteiger charge is 2.30. The predicted octanol–water partition coefficient (Wildman–Crippen LogP) is 2.84. The standard InChI is InChI=1S/C21H23N3O3S/c1-23-11-4-6-17(23)13-16-14-24(18-7-3-10-22-20(16)18)28(25,26)19-8-2-5-15-9-12-27-21(15)19/h2-3,5,7-8,10,14,17H,4,6,9,11-13H2,1H3. The van der Waals surface area contributed by atoms with Crippen LogP contribution in [0.1, 0.15) is 24.0 Å². The molecule has 0 amide bonds. The molecule has 1 unspecified atom stereocenters. The van der Waals surface area contributed by atoms with Crippen LogP contribution < -0.4 is 4.74 Å². The molecule has 0 radical (unpaired) electrons. The highest BCUT2D eigenvalue weighted by molar-refractivity contribution is 7.90. The van der Waals surface area contributed by atoms with E-state index in [1.807, 2.05) is 12.1 Å². The number of likely N-dealkylation sites (N-methyl/N-ethyl adjacent to an activating group) is 1. The van der Waals surface area contributed by atoms with Crippen molar-refractivity contribution in [1.82, 2.24) is 13.9 Å². The molecule has 1 fully saturated rings. The summed E-state index contributed by atoms with van der Waals surface area (Å²) in [4.78, 5) is 7.09. The summed E-state index contributed by atoms with van der Waals surface area (Å²) in [5, 5.41) is 0. The quantitative estimate of drug-likeness (QED) is 0.677. The van der Waals surface area contributed by atoms with Crippen LogP contribution in [0.15, 0.2) is 47.6 Å². The van der Waals surface area contributed by atoms with E-state index in [0.717, 1.165) is 42.5 Å². The Kier molecular flexibility index (Phi) is 4.17. The Morgan fingerprint density at radius 2 is 2.14 bits per heavy atom. The van der Waals surface area contributed by atoms with Gasteiger partial charge >= 0.3 is 0 Å². The van der Waals surface area contributed by atoms with Crippen LogP contribution in [0.2, 0.25) is 0 Å². The van der Waals surface area contributed by atoms with Crippen molar-refractivity contribution in [1.29, 1.82) is 0 Å². The fourth-order valence-electron chi connectivity index (χ4n) is 4.43. The lowest BCUT2D eigenvalue weighted by molar-refractivity contribution is 0.309. The van der Waals surface area contributed by atoms with Crippen molar-refractivity contribution in [2.45, 2.75) is 36.6 Å². The van der Waals surface area contributed by atoms with Gasteiger partial charge in [0.25, 0.3) is 10.0 Å². The number of para-hydroxylation sites is 1. The van der Waals surface area contributed by atoms with Crippen LogP contribution in [0.3, 0.4) is 0 Å². The van der Waals surface area contributed by atoms with E-state index < -0.39 is 10.0 Å². The first-order chi connectivity index (χ1) is 13.6. The first-order valence-electron chi connectivity index (χ1n) is 9.71. The molecule has 4 heterocycles. The van der Waals surface area contributed by atoms with Crippen LogP contribution in [0.25, 0.3) is 11.0 Å². The average Bonchev–Trinajstić information content (AvgIpc) is 3.41. The Morgan fingerprint density at radius 1 is 1.25 bits per heavy atom. The third-order valence-electron chi connectivity index (χ3n) is 5.94. The van der Waals surface area contributed by atoms with E-state index in [9.17, 15) is 8.42 Å². The SMILES string of the molecule is CN1CCCC1Cc1cn(S(=O)(=O)c2cccc3c2OCC3)c2cccnc12. The minimum absolute atomic E-state index is 0.229. The predicted molar refractivity (Wildman–Crippen MR) is 107 cm³/mol. The molecule has 0 spiro atoms. The van der Waals surface area contributed by atoms with Gasteiger partial charge in [-0.15, -0.1) is 0 Å². The Labute approximate surface area is 164 Å². The molecule has 1 atom stereocenters. The van der Waals surface area contributed by atoms with Gasteiger partial charge in [-0.3, -0.25) is 4.98 Å². The molecule has 5 rings (SSSR count). The zero-order chi connectivity index (χ0) is 19.3. The topological polar surface area (TPSA) is 64.4 Å². The maximum absolute atomic E-state index is 13.6. The van der Waals surface area contributed by atoms with Gasteiger partial charge < -0.3 is 9.64 Å². The van der Waals surface area contributed by atoms with Crippen molar-refractivity contribution in [2.75, 3.05) is 20.2 Å². The molecule has 2 aliphatic rings. The summed E-state index contributed by atoms with van der Waals surface area (Å²) in [6.07, 6.45) is 7.33. The first kappa shape index (κ1) is 17.7. The number of likely N-dealkylation sites (tertiary alicyclic amines) is 1. The Bertz CT molecular complexity index is 1150. The minimum Gasteiger partial charge on any atom is -0.492 e. The van der Waals surface area contributed by atoms with Crippen molar-refractivity contribution >= 4 is 21.1 Å². The fourth-order valence-corrected chi connectivity index (χ4v) is 5.99.